The zero-order chi connectivity index (χ0) is 5.54. The van der Waals surface area contributed by atoms with Crippen molar-refractivity contribution in [2.45, 2.75) is 12.8 Å². The normalized spacial score (nSPS) is 6.57. The predicted molar refractivity (Wildman–Crippen MR) is 28.0 cm³/mol. The molecule has 0 saturated heterocycles. The highest BCUT2D eigenvalue weighted by molar-refractivity contribution is 5.01. The first-order chi connectivity index (χ1) is 3.41. The van der Waals surface area contributed by atoms with Gasteiger partial charge in [-0.3, -0.25) is 0 Å². The number of terminal acetylenes is 1. The SMILES string of the molecule is C#C[CH]CCC#N. The summed E-state index contributed by atoms with van der Waals surface area (Å²) in [6.45, 7) is 0. The van der Waals surface area contributed by atoms with E-state index in [0.717, 1.165) is 0 Å². The van der Waals surface area contributed by atoms with E-state index in [2.05, 4.69) is 5.92 Å². The summed E-state index contributed by atoms with van der Waals surface area (Å²) in [7, 11) is 0. The van der Waals surface area contributed by atoms with Gasteiger partial charge in [0.05, 0.1) is 6.07 Å². The third-order valence-corrected chi connectivity index (χ3v) is 0.518. The zero-order valence-electron chi connectivity index (χ0n) is 4.02. The minimum Gasteiger partial charge on any atom is -0.198 e. The molecular formula is C6H6N. The zero-order valence-corrected chi connectivity index (χ0v) is 4.02. The Hall–Kier alpha value is -0.950. The molecule has 0 N–H and O–H groups in total. The number of nitriles is 1. The summed E-state index contributed by atoms with van der Waals surface area (Å²) in [5, 5.41) is 7.95. The van der Waals surface area contributed by atoms with Gasteiger partial charge in [0, 0.05) is 12.8 Å². The van der Waals surface area contributed by atoms with Crippen LogP contribution in [0, 0.1) is 30.1 Å². The van der Waals surface area contributed by atoms with Gasteiger partial charge >= 0.3 is 0 Å². The van der Waals surface area contributed by atoms with E-state index in [-0.39, 0.29) is 0 Å². The Labute approximate surface area is 44.0 Å². The van der Waals surface area contributed by atoms with Gasteiger partial charge in [-0.1, -0.05) is 0 Å². The molecule has 0 unspecified atom stereocenters. The van der Waals surface area contributed by atoms with Crippen molar-refractivity contribution in [3.8, 4) is 18.4 Å². The molecule has 0 heterocycles. The summed E-state index contributed by atoms with van der Waals surface area (Å²) in [5.41, 5.74) is 0. The van der Waals surface area contributed by atoms with Gasteiger partial charge in [0.2, 0.25) is 0 Å². The maximum Gasteiger partial charge on any atom is 0.0622 e. The summed E-state index contributed by atoms with van der Waals surface area (Å²) in [6.07, 6.45) is 7.74. The van der Waals surface area contributed by atoms with Crippen molar-refractivity contribution in [2.24, 2.45) is 0 Å². The van der Waals surface area contributed by atoms with Crippen LogP contribution in [0.4, 0.5) is 0 Å². The van der Waals surface area contributed by atoms with Crippen LogP contribution in [0.1, 0.15) is 12.8 Å². The van der Waals surface area contributed by atoms with Gasteiger partial charge in [-0.05, 0) is 6.42 Å². The van der Waals surface area contributed by atoms with Crippen molar-refractivity contribution in [1.82, 2.24) is 0 Å². The minimum absolute atomic E-state index is 0.532. The lowest BCUT2D eigenvalue weighted by Crippen LogP contribution is -1.67. The Kier molecular flexibility index (Phi) is 4.36. The number of hydrogen-bond acceptors (Lipinski definition) is 1. The van der Waals surface area contributed by atoms with E-state index in [1.807, 2.05) is 6.07 Å². The molecule has 0 spiro atoms. The van der Waals surface area contributed by atoms with Crippen LogP contribution in [-0.2, 0) is 0 Å². The fourth-order valence-corrected chi connectivity index (χ4v) is 0.220. The van der Waals surface area contributed by atoms with Crippen LogP contribution in [0.25, 0.3) is 0 Å². The fourth-order valence-electron chi connectivity index (χ4n) is 0.220. The highest BCUT2D eigenvalue weighted by atomic mass is 14.2. The topological polar surface area (TPSA) is 23.8 Å². The maximum absolute atomic E-state index is 7.95. The Morgan fingerprint density at radius 2 is 2.43 bits per heavy atom. The van der Waals surface area contributed by atoms with Crippen LogP contribution in [0.2, 0.25) is 0 Å². The molecule has 0 fully saturated rings. The van der Waals surface area contributed by atoms with Crippen molar-refractivity contribution >= 4 is 0 Å². The average Bonchev–Trinajstić information content (AvgIpc) is 1.69. The molecule has 7 heavy (non-hydrogen) atoms. The molecule has 0 bridgehead atoms. The smallest absolute Gasteiger partial charge is 0.0622 e. The van der Waals surface area contributed by atoms with Gasteiger partial charge in [-0.15, -0.1) is 12.3 Å². The first-order valence-corrected chi connectivity index (χ1v) is 2.06. The summed E-state index contributed by atoms with van der Waals surface area (Å²) in [5.74, 6) is 2.33. The van der Waals surface area contributed by atoms with E-state index >= 15 is 0 Å². The monoisotopic (exact) mass is 92.1 g/mol. The van der Waals surface area contributed by atoms with E-state index in [1.54, 1.807) is 6.42 Å². The number of unbranched alkanes of at least 4 members (excludes halogenated alkanes) is 2. The molecule has 0 aromatic carbocycles. The maximum atomic E-state index is 7.95. The number of nitrogens with zero attached hydrogens (tertiary/aromatic N) is 1. The molecule has 0 atom stereocenters. The molecular weight excluding hydrogens is 86.1 g/mol. The molecule has 0 saturated carbocycles. The molecule has 1 heteroatoms. The van der Waals surface area contributed by atoms with E-state index in [9.17, 15) is 0 Å². The molecule has 1 nitrogen and oxygen atoms in total. The summed E-state index contributed by atoms with van der Waals surface area (Å²) < 4.78 is 0. The van der Waals surface area contributed by atoms with Gasteiger partial charge in [0.1, 0.15) is 0 Å². The fraction of sp³-hybridized carbons (Fsp3) is 0.333. The highest BCUT2D eigenvalue weighted by Gasteiger charge is 1.77. The van der Waals surface area contributed by atoms with Crippen molar-refractivity contribution in [2.75, 3.05) is 0 Å². The number of rotatable bonds is 2. The largest absolute Gasteiger partial charge is 0.198 e. The second-order valence-corrected chi connectivity index (χ2v) is 1.07. The van der Waals surface area contributed by atoms with Crippen LogP contribution >= 0.6 is 0 Å². The van der Waals surface area contributed by atoms with Gasteiger partial charge in [-0.2, -0.15) is 5.26 Å². The van der Waals surface area contributed by atoms with Crippen LogP contribution in [0.15, 0.2) is 0 Å². The molecule has 0 aliphatic heterocycles. The van der Waals surface area contributed by atoms with Crippen LogP contribution < -0.4 is 0 Å². The Bertz CT molecular complexity index is 88.3. The molecule has 0 aromatic heterocycles. The van der Waals surface area contributed by atoms with Gasteiger partial charge in [0.25, 0.3) is 0 Å². The lowest BCUT2D eigenvalue weighted by atomic mass is 10.3. The highest BCUT2D eigenvalue weighted by Crippen LogP contribution is 1.87. The van der Waals surface area contributed by atoms with Crippen molar-refractivity contribution in [1.29, 1.82) is 5.26 Å². The third kappa shape index (κ3) is 5.05. The lowest BCUT2D eigenvalue weighted by Gasteiger charge is -1.77. The molecule has 0 aliphatic rings. The molecule has 0 amide bonds. The van der Waals surface area contributed by atoms with Crippen molar-refractivity contribution in [3.05, 3.63) is 6.42 Å². The summed E-state index contributed by atoms with van der Waals surface area (Å²) >= 11 is 0. The first-order valence-electron chi connectivity index (χ1n) is 2.06. The first kappa shape index (κ1) is 6.05. The third-order valence-electron chi connectivity index (χ3n) is 0.518. The van der Waals surface area contributed by atoms with Crippen LogP contribution in [0.5, 0.6) is 0 Å². The van der Waals surface area contributed by atoms with E-state index < -0.39 is 0 Å². The minimum atomic E-state index is 0.532. The molecule has 0 aliphatic carbocycles. The lowest BCUT2D eigenvalue weighted by molar-refractivity contribution is 1.02. The van der Waals surface area contributed by atoms with Crippen molar-refractivity contribution in [3.63, 3.8) is 0 Å². The second-order valence-electron chi connectivity index (χ2n) is 1.07. The molecule has 0 aromatic rings. The quantitative estimate of drug-likeness (QED) is 0.370. The molecule has 1 radical (unpaired) electrons. The Balaban J connectivity index is 2.77. The number of hydrogen-bond donors (Lipinski definition) is 0. The van der Waals surface area contributed by atoms with Crippen LogP contribution in [0.3, 0.4) is 0 Å². The van der Waals surface area contributed by atoms with Crippen LogP contribution in [-0.4, -0.2) is 0 Å². The Morgan fingerprint density at radius 3 is 2.86 bits per heavy atom. The van der Waals surface area contributed by atoms with E-state index in [1.165, 1.54) is 0 Å². The predicted octanol–water partition coefficient (Wildman–Crippen LogP) is 1.13. The molecule has 35 valence electrons. The van der Waals surface area contributed by atoms with Gasteiger partial charge < -0.3 is 0 Å². The average molecular weight is 92.1 g/mol. The van der Waals surface area contributed by atoms with Gasteiger partial charge in [-0.25, -0.2) is 0 Å². The standard InChI is InChI=1S/C6H6N/c1-2-3-4-5-6-7/h1,3H,4-5H2. The van der Waals surface area contributed by atoms with Gasteiger partial charge in [0.15, 0.2) is 0 Å². The molecule has 0 rings (SSSR count). The second kappa shape index (κ2) is 5.05. The van der Waals surface area contributed by atoms with E-state index in [0.29, 0.717) is 12.8 Å². The van der Waals surface area contributed by atoms with E-state index in [4.69, 9.17) is 11.7 Å². The summed E-state index contributed by atoms with van der Waals surface area (Å²) in [6, 6.07) is 1.98. The Morgan fingerprint density at radius 1 is 1.71 bits per heavy atom. The van der Waals surface area contributed by atoms with Crippen molar-refractivity contribution < 1.29 is 0 Å². The summed E-state index contributed by atoms with van der Waals surface area (Å²) in [4.78, 5) is 0.